The molecule has 1 heteroatoms. The molecule has 0 aromatic heterocycles. The van der Waals surface area contributed by atoms with E-state index < -0.39 is 0 Å². The minimum atomic E-state index is 0. The average molecular weight is 92.1 g/mol. The topological polar surface area (TPSA) is 0 Å². The van der Waals surface area contributed by atoms with Crippen molar-refractivity contribution in [3.05, 3.63) is 25.3 Å². The van der Waals surface area contributed by atoms with Crippen LogP contribution in [0.25, 0.3) is 0 Å². The second-order valence-corrected chi connectivity index (χ2v) is 0.813. The van der Waals surface area contributed by atoms with Gasteiger partial charge in [-0.3, -0.25) is 0 Å². The standard InChI is InChI=1S/C5H8.Na.H/c1-3-5-4-2;;/h3-4H,1-2,5H2;;. The van der Waals surface area contributed by atoms with Crippen molar-refractivity contribution in [1.82, 2.24) is 0 Å². The summed E-state index contributed by atoms with van der Waals surface area (Å²) in [6.07, 6.45) is 4.54. The molecule has 0 amide bonds. The zero-order valence-electron chi connectivity index (χ0n) is 3.28. The first-order chi connectivity index (χ1) is 2.41. The van der Waals surface area contributed by atoms with Crippen molar-refractivity contribution in [2.45, 2.75) is 6.42 Å². The number of allylic oxidation sites excluding steroid dienone is 2. The fourth-order valence-corrected chi connectivity index (χ4v) is 0.118. The van der Waals surface area contributed by atoms with Crippen molar-refractivity contribution in [2.75, 3.05) is 0 Å². The molecule has 0 spiro atoms. The van der Waals surface area contributed by atoms with Gasteiger partial charge in [0.15, 0.2) is 0 Å². The van der Waals surface area contributed by atoms with E-state index in [0.717, 1.165) is 6.42 Å². The number of hydrogen-bond donors (Lipinski definition) is 0. The third-order valence-electron chi connectivity index (χ3n) is 0.333. The predicted octanol–water partition coefficient (Wildman–Crippen LogP) is 1.10. The van der Waals surface area contributed by atoms with Crippen molar-refractivity contribution in [1.29, 1.82) is 0 Å². The quantitative estimate of drug-likeness (QED) is 0.353. The van der Waals surface area contributed by atoms with Crippen LogP contribution in [0.5, 0.6) is 0 Å². The number of hydrogen-bond acceptors (Lipinski definition) is 0. The normalized spacial score (nSPS) is 5.33. The summed E-state index contributed by atoms with van der Waals surface area (Å²) >= 11 is 0. The van der Waals surface area contributed by atoms with E-state index in [-0.39, 0.29) is 29.6 Å². The molecule has 6 heavy (non-hydrogen) atoms. The molecule has 0 saturated heterocycles. The molecular weight excluding hydrogens is 83.0 g/mol. The molecule has 0 unspecified atom stereocenters. The van der Waals surface area contributed by atoms with Crippen molar-refractivity contribution >= 4 is 29.6 Å². The van der Waals surface area contributed by atoms with E-state index in [9.17, 15) is 0 Å². The molecule has 0 aliphatic carbocycles. The van der Waals surface area contributed by atoms with Crippen LogP contribution in [0.15, 0.2) is 25.3 Å². The molecule has 0 aromatic rings. The van der Waals surface area contributed by atoms with Gasteiger partial charge in [0.2, 0.25) is 0 Å². The molecule has 0 N–H and O–H groups in total. The predicted molar refractivity (Wildman–Crippen MR) is 32.2 cm³/mol. The Morgan fingerprint density at radius 3 is 1.50 bits per heavy atom. The van der Waals surface area contributed by atoms with Crippen molar-refractivity contribution in [3.8, 4) is 0 Å². The summed E-state index contributed by atoms with van der Waals surface area (Å²) in [6, 6.07) is 0. The van der Waals surface area contributed by atoms with E-state index in [4.69, 9.17) is 0 Å². The van der Waals surface area contributed by atoms with Gasteiger partial charge < -0.3 is 0 Å². The van der Waals surface area contributed by atoms with Crippen molar-refractivity contribution < 1.29 is 0 Å². The monoisotopic (exact) mass is 92.1 g/mol. The molecule has 0 rings (SSSR count). The van der Waals surface area contributed by atoms with E-state index in [1.807, 2.05) is 12.2 Å². The Labute approximate surface area is 61.2 Å². The molecule has 0 nitrogen and oxygen atoms in total. The molecule has 0 aromatic carbocycles. The van der Waals surface area contributed by atoms with E-state index >= 15 is 0 Å². The zero-order valence-corrected chi connectivity index (χ0v) is 3.28. The van der Waals surface area contributed by atoms with Gasteiger partial charge in [-0.05, 0) is 6.42 Å². The second-order valence-electron chi connectivity index (χ2n) is 0.813. The number of rotatable bonds is 2. The van der Waals surface area contributed by atoms with Crippen LogP contribution in [0.2, 0.25) is 0 Å². The molecule has 0 fully saturated rings. The van der Waals surface area contributed by atoms with Gasteiger partial charge in [0, 0.05) is 0 Å². The molecule has 0 radical (unpaired) electrons. The first kappa shape index (κ1) is 9.70. The van der Waals surface area contributed by atoms with E-state index in [2.05, 4.69) is 13.2 Å². The Kier molecular flexibility index (Phi) is 14.7. The van der Waals surface area contributed by atoms with Gasteiger partial charge in [0.1, 0.15) is 0 Å². The third-order valence-corrected chi connectivity index (χ3v) is 0.333. The van der Waals surface area contributed by atoms with Crippen molar-refractivity contribution in [2.24, 2.45) is 0 Å². The SMILES string of the molecule is C=CCC=C.[NaH]. The summed E-state index contributed by atoms with van der Waals surface area (Å²) in [5.41, 5.74) is 0. The van der Waals surface area contributed by atoms with Crippen LogP contribution >= 0.6 is 0 Å². The van der Waals surface area contributed by atoms with Crippen LogP contribution in [0.1, 0.15) is 6.42 Å². The van der Waals surface area contributed by atoms with Crippen LogP contribution in [0.3, 0.4) is 0 Å². The van der Waals surface area contributed by atoms with Gasteiger partial charge in [0.05, 0.1) is 0 Å². The van der Waals surface area contributed by atoms with Crippen LogP contribution < -0.4 is 0 Å². The molecule has 0 bridgehead atoms. The summed E-state index contributed by atoms with van der Waals surface area (Å²) in [5, 5.41) is 0. The molecular formula is C5H9Na. The fourth-order valence-electron chi connectivity index (χ4n) is 0.118. The Morgan fingerprint density at radius 1 is 1.17 bits per heavy atom. The zero-order chi connectivity index (χ0) is 4.12. The van der Waals surface area contributed by atoms with E-state index in [1.54, 1.807) is 0 Å². The molecule has 0 heterocycles. The molecule has 0 saturated carbocycles. The summed E-state index contributed by atoms with van der Waals surface area (Å²) in [7, 11) is 0. The van der Waals surface area contributed by atoms with Gasteiger partial charge in [-0.25, -0.2) is 0 Å². The maximum atomic E-state index is 3.48. The van der Waals surface area contributed by atoms with Crippen LogP contribution in [0, 0.1) is 0 Å². The van der Waals surface area contributed by atoms with Crippen LogP contribution in [-0.4, -0.2) is 29.6 Å². The van der Waals surface area contributed by atoms with E-state index in [0.29, 0.717) is 0 Å². The summed E-state index contributed by atoms with van der Waals surface area (Å²) in [6.45, 7) is 6.96. The summed E-state index contributed by atoms with van der Waals surface area (Å²) < 4.78 is 0. The Bertz CT molecular complexity index is 33.2. The van der Waals surface area contributed by atoms with Gasteiger partial charge in [0.25, 0.3) is 0 Å². The Balaban J connectivity index is 0. The van der Waals surface area contributed by atoms with Crippen LogP contribution in [0.4, 0.5) is 0 Å². The minimum absolute atomic E-state index is 0. The fraction of sp³-hybridized carbons (Fsp3) is 0.200. The van der Waals surface area contributed by atoms with Gasteiger partial charge in [-0.1, -0.05) is 12.2 Å². The third kappa shape index (κ3) is 8.82. The van der Waals surface area contributed by atoms with Gasteiger partial charge in [-0.15, -0.1) is 13.2 Å². The molecule has 0 aliphatic rings. The van der Waals surface area contributed by atoms with Crippen LogP contribution in [-0.2, 0) is 0 Å². The first-order valence-corrected chi connectivity index (χ1v) is 1.63. The molecule has 0 aliphatic heterocycles. The van der Waals surface area contributed by atoms with Crippen molar-refractivity contribution in [3.63, 3.8) is 0 Å². The summed E-state index contributed by atoms with van der Waals surface area (Å²) in [5.74, 6) is 0. The second kappa shape index (κ2) is 9.08. The van der Waals surface area contributed by atoms with Gasteiger partial charge in [-0.2, -0.15) is 0 Å². The summed E-state index contributed by atoms with van der Waals surface area (Å²) in [4.78, 5) is 0. The Hall–Kier alpha value is 0.480. The average Bonchev–Trinajstić information content (AvgIpc) is 1.41. The maximum absolute atomic E-state index is 3.48. The Morgan fingerprint density at radius 2 is 1.50 bits per heavy atom. The molecule has 30 valence electrons. The first-order valence-electron chi connectivity index (χ1n) is 1.63. The van der Waals surface area contributed by atoms with Gasteiger partial charge >= 0.3 is 29.6 Å². The van der Waals surface area contributed by atoms with E-state index in [1.165, 1.54) is 0 Å². The molecule has 0 atom stereocenters.